The number of hydrogen-bond acceptors (Lipinski definition) is 4. The molecule has 2 fully saturated rings. The highest BCUT2D eigenvalue weighted by atomic mass is 32.2. The van der Waals surface area contributed by atoms with Crippen molar-refractivity contribution >= 4 is 22.0 Å². The summed E-state index contributed by atoms with van der Waals surface area (Å²) in [5, 5.41) is 0. The molecule has 0 spiro atoms. The third-order valence-electron chi connectivity index (χ3n) is 5.82. The van der Waals surface area contributed by atoms with Gasteiger partial charge in [0.05, 0.1) is 10.8 Å². The summed E-state index contributed by atoms with van der Waals surface area (Å²) in [4.78, 5) is 27.7. The summed E-state index contributed by atoms with van der Waals surface area (Å²) >= 11 is 0. The molecule has 0 radical (unpaired) electrons. The van der Waals surface area contributed by atoms with Crippen molar-refractivity contribution in [3.05, 3.63) is 29.8 Å². The molecular formula is C20H30N4O4S. The van der Waals surface area contributed by atoms with Crippen LogP contribution < -0.4 is 5.73 Å². The minimum absolute atomic E-state index is 0.0192. The van der Waals surface area contributed by atoms with Gasteiger partial charge in [-0.3, -0.25) is 4.79 Å². The first kappa shape index (κ1) is 21.6. The largest absolute Gasteiger partial charge is 0.351 e. The van der Waals surface area contributed by atoms with Crippen molar-refractivity contribution in [1.82, 2.24) is 14.1 Å². The Balaban J connectivity index is 1.60. The first-order valence-corrected chi connectivity index (χ1v) is 11.6. The van der Waals surface area contributed by atoms with Crippen LogP contribution in [0.4, 0.5) is 4.79 Å². The number of nitrogens with zero attached hydrogens (tertiary/aromatic N) is 3. The molecule has 1 atom stereocenters. The maximum atomic E-state index is 12.9. The van der Waals surface area contributed by atoms with Gasteiger partial charge in [0.2, 0.25) is 15.9 Å². The molecule has 3 amide bonds. The topological polar surface area (TPSA) is 104 Å². The molecule has 1 aromatic rings. The molecule has 2 saturated heterocycles. The summed E-state index contributed by atoms with van der Waals surface area (Å²) in [6.07, 6.45) is 1.48. The van der Waals surface area contributed by atoms with Crippen LogP contribution in [-0.2, 0) is 14.8 Å². The predicted molar refractivity (Wildman–Crippen MR) is 110 cm³/mol. The molecule has 9 heteroatoms. The lowest BCUT2D eigenvalue weighted by molar-refractivity contribution is -0.138. The summed E-state index contributed by atoms with van der Waals surface area (Å²) in [6.45, 7) is 6.31. The van der Waals surface area contributed by atoms with Crippen LogP contribution in [0.15, 0.2) is 29.2 Å². The highest BCUT2D eigenvalue weighted by molar-refractivity contribution is 7.89. The second-order valence-corrected chi connectivity index (χ2v) is 10.0. The number of nitrogens with two attached hydrogens (primary N) is 1. The SMILES string of the molecule is CC(C)c1ccc(S(=O)(=O)N2CCN(C(=O)[C@@H]3CCCN(C(N)=O)C3)CC2)cc1. The third-order valence-corrected chi connectivity index (χ3v) is 7.73. The van der Waals surface area contributed by atoms with Crippen LogP contribution >= 0.6 is 0 Å². The summed E-state index contributed by atoms with van der Waals surface area (Å²) in [5.74, 6) is 0.0591. The van der Waals surface area contributed by atoms with Crippen LogP contribution in [0.25, 0.3) is 0 Å². The van der Waals surface area contributed by atoms with Gasteiger partial charge in [0.15, 0.2) is 0 Å². The number of primary amides is 1. The number of urea groups is 1. The predicted octanol–water partition coefficient (Wildman–Crippen LogP) is 1.43. The van der Waals surface area contributed by atoms with Gasteiger partial charge in [0.1, 0.15) is 0 Å². The van der Waals surface area contributed by atoms with Gasteiger partial charge in [0.25, 0.3) is 0 Å². The van der Waals surface area contributed by atoms with E-state index in [0.29, 0.717) is 32.1 Å². The highest BCUT2D eigenvalue weighted by Gasteiger charge is 2.34. The molecule has 8 nitrogen and oxygen atoms in total. The van der Waals surface area contributed by atoms with Crippen molar-refractivity contribution in [1.29, 1.82) is 0 Å². The minimum atomic E-state index is -3.57. The van der Waals surface area contributed by atoms with Gasteiger partial charge in [0, 0.05) is 39.3 Å². The van der Waals surface area contributed by atoms with Crippen molar-refractivity contribution in [2.24, 2.45) is 11.7 Å². The minimum Gasteiger partial charge on any atom is -0.351 e. The Kier molecular flexibility index (Phi) is 6.48. The number of benzene rings is 1. The molecular weight excluding hydrogens is 392 g/mol. The summed E-state index contributed by atoms with van der Waals surface area (Å²) in [6, 6.07) is 6.52. The lowest BCUT2D eigenvalue weighted by atomic mass is 9.96. The van der Waals surface area contributed by atoms with Crippen LogP contribution in [0.2, 0.25) is 0 Å². The molecule has 2 aliphatic rings. The third kappa shape index (κ3) is 4.72. The van der Waals surface area contributed by atoms with E-state index >= 15 is 0 Å². The summed E-state index contributed by atoms with van der Waals surface area (Å²) < 4.78 is 27.3. The van der Waals surface area contributed by atoms with Crippen molar-refractivity contribution in [3.8, 4) is 0 Å². The number of sulfonamides is 1. The van der Waals surface area contributed by atoms with E-state index < -0.39 is 16.1 Å². The normalized spacial score (nSPS) is 21.4. The Bertz CT molecular complexity index is 846. The van der Waals surface area contributed by atoms with E-state index in [4.69, 9.17) is 5.73 Å². The Hall–Kier alpha value is -2.13. The lowest BCUT2D eigenvalue weighted by Gasteiger charge is -2.38. The Morgan fingerprint density at radius 2 is 1.62 bits per heavy atom. The van der Waals surface area contributed by atoms with Gasteiger partial charge in [-0.25, -0.2) is 13.2 Å². The summed E-state index contributed by atoms with van der Waals surface area (Å²) in [5.41, 5.74) is 6.44. The number of carbonyl (C=O) groups excluding carboxylic acids is 2. The second-order valence-electron chi connectivity index (χ2n) is 8.08. The van der Waals surface area contributed by atoms with Crippen LogP contribution in [0, 0.1) is 5.92 Å². The fraction of sp³-hybridized carbons (Fsp3) is 0.600. The van der Waals surface area contributed by atoms with Crippen molar-refractivity contribution in [3.63, 3.8) is 0 Å². The van der Waals surface area contributed by atoms with Crippen LogP contribution in [0.3, 0.4) is 0 Å². The number of amides is 3. The monoisotopic (exact) mass is 422 g/mol. The molecule has 29 heavy (non-hydrogen) atoms. The molecule has 3 rings (SSSR count). The average molecular weight is 423 g/mol. The molecule has 2 N–H and O–H groups in total. The van der Waals surface area contributed by atoms with Gasteiger partial charge < -0.3 is 15.5 Å². The number of rotatable bonds is 4. The summed E-state index contributed by atoms with van der Waals surface area (Å²) in [7, 11) is -3.57. The Morgan fingerprint density at radius 3 is 2.17 bits per heavy atom. The van der Waals surface area contributed by atoms with Crippen LogP contribution in [0.5, 0.6) is 0 Å². The van der Waals surface area contributed by atoms with Gasteiger partial charge in [-0.1, -0.05) is 26.0 Å². The first-order chi connectivity index (χ1) is 13.7. The number of carbonyl (C=O) groups is 2. The first-order valence-electron chi connectivity index (χ1n) is 10.1. The van der Waals surface area contributed by atoms with E-state index in [1.165, 1.54) is 9.21 Å². The standard InChI is InChI=1S/C20H30N4O4S/c1-15(2)16-5-7-18(8-6-16)29(27,28)24-12-10-22(11-13-24)19(25)17-4-3-9-23(14-17)20(21)26/h5-8,15,17H,3-4,9-14H2,1-2H3,(H2,21,26)/t17-/m1/s1. The van der Waals surface area contributed by atoms with E-state index in [0.717, 1.165) is 18.4 Å². The Morgan fingerprint density at radius 1 is 1.00 bits per heavy atom. The van der Waals surface area contributed by atoms with E-state index in [9.17, 15) is 18.0 Å². The number of likely N-dealkylation sites (tertiary alicyclic amines) is 1. The zero-order chi connectivity index (χ0) is 21.2. The smallest absolute Gasteiger partial charge is 0.314 e. The van der Waals surface area contributed by atoms with Crippen LogP contribution in [-0.4, -0.2) is 73.7 Å². The number of hydrogen-bond donors (Lipinski definition) is 1. The van der Waals surface area contributed by atoms with E-state index in [1.807, 2.05) is 12.1 Å². The van der Waals surface area contributed by atoms with E-state index in [2.05, 4.69) is 13.8 Å². The van der Waals surface area contributed by atoms with Gasteiger partial charge in [-0.05, 0) is 36.5 Å². The molecule has 0 unspecified atom stereocenters. The van der Waals surface area contributed by atoms with E-state index in [-0.39, 0.29) is 29.8 Å². The maximum absolute atomic E-state index is 12.9. The second kappa shape index (κ2) is 8.71. The molecule has 0 bridgehead atoms. The Labute approximate surface area is 172 Å². The van der Waals surface area contributed by atoms with Gasteiger partial charge >= 0.3 is 6.03 Å². The number of piperidine rings is 1. The molecule has 2 heterocycles. The van der Waals surface area contributed by atoms with Gasteiger partial charge in [-0.2, -0.15) is 4.31 Å². The molecule has 160 valence electrons. The molecule has 1 aromatic carbocycles. The maximum Gasteiger partial charge on any atom is 0.314 e. The van der Waals surface area contributed by atoms with Crippen molar-refractivity contribution < 1.29 is 18.0 Å². The quantitative estimate of drug-likeness (QED) is 0.793. The van der Waals surface area contributed by atoms with Crippen LogP contribution in [0.1, 0.15) is 38.2 Å². The van der Waals surface area contributed by atoms with Gasteiger partial charge in [-0.15, -0.1) is 0 Å². The highest BCUT2D eigenvalue weighted by Crippen LogP contribution is 2.23. The molecule has 2 aliphatic heterocycles. The lowest BCUT2D eigenvalue weighted by Crippen LogP contribution is -2.54. The molecule has 0 aliphatic carbocycles. The van der Waals surface area contributed by atoms with Crippen molar-refractivity contribution in [2.45, 2.75) is 37.5 Å². The average Bonchev–Trinajstić information content (AvgIpc) is 2.73. The zero-order valence-electron chi connectivity index (χ0n) is 17.1. The molecule has 0 saturated carbocycles. The fourth-order valence-electron chi connectivity index (χ4n) is 3.96. The fourth-order valence-corrected chi connectivity index (χ4v) is 5.38. The van der Waals surface area contributed by atoms with Crippen molar-refractivity contribution in [2.75, 3.05) is 39.3 Å². The molecule has 0 aromatic heterocycles. The number of piperazine rings is 1. The van der Waals surface area contributed by atoms with E-state index in [1.54, 1.807) is 17.0 Å². The zero-order valence-corrected chi connectivity index (χ0v) is 17.9.